The van der Waals surface area contributed by atoms with Crippen molar-refractivity contribution in [2.75, 3.05) is 4.90 Å². The van der Waals surface area contributed by atoms with Crippen molar-refractivity contribution in [3.8, 4) is 33.4 Å². The summed E-state index contributed by atoms with van der Waals surface area (Å²) in [7, 11) is 0. The molecule has 0 heterocycles. The van der Waals surface area contributed by atoms with Crippen LogP contribution in [0.2, 0.25) is 0 Å². The molecule has 0 aromatic heterocycles. The van der Waals surface area contributed by atoms with Crippen LogP contribution in [0.5, 0.6) is 0 Å². The van der Waals surface area contributed by atoms with Gasteiger partial charge in [-0.3, -0.25) is 0 Å². The minimum Gasteiger partial charge on any atom is -0.310 e. The van der Waals surface area contributed by atoms with E-state index >= 15 is 0 Å². The first-order valence-corrected chi connectivity index (χ1v) is 22.6. The molecule has 0 aliphatic heterocycles. The van der Waals surface area contributed by atoms with Crippen molar-refractivity contribution in [3.05, 3.63) is 174 Å². The standard InChI is InChI=1S/C58H55N/c1-56(2)30-31-57(3,4)55-51(56)21-13-23-53(55)59(43-26-24-40(25-27-43)45-29-28-44(39-14-6-5-7-15-39)46-16-8-9-17-47(45)46)52-22-12-20-50-54(52)48-18-10-11-19-49(48)58(50)41-33-37-32-38(35-41)36-42(58)34-37/h5-29,37-38,41-42H,30-36H2,1-4H3. The van der Waals surface area contributed by atoms with Gasteiger partial charge in [-0.15, -0.1) is 0 Å². The monoisotopic (exact) mass is 765 g/mol. The summed E-state index contributed by atoms with van der Waals surface area (Å²) in [5, 5.41) is 2.58. The van der Waals surface area contributed by atoms with Gasteiger partial charge in [-0.25, -0.2) is 0 Å². The van der Waals surface area contributed by atoms with Crippen LogP contribution < -0.4 is 4.90 Å². The molecule has 1 nitrogen and oxygen atoms in total. The van der Waals surface area contributed by atoms with Crippen molar-refractivity contribution in [2.45, 2.75) is 88.9 Å². The van der Waals surface area contributed by atoms with Gasteiger partial charge in [-0.05, 0) is 165 Å². The largest absolute Gasteiger partial charge is 0.310 e. The van der Waals surface area contributed by atoms with Crippen LogP contribution in [0, 0.1) is 23.7 Å². The second-order valence-corrected chi connectivity index (χ2v) is 20.3. The van der Waals surface area contributed by atoms with Crippen molar-refractivity contribution >= 4 is 27.8 Å². The van der Waals surface area contributed by atoms with E-state index in [-0.39, 0.29) is 16.2 Å². The Labute approximate surface area is 351 Å². The molecule has 4 fully saturated rings. The van der Waals surface area contributed by atoms with Gasteiger partial charge in [0.15, 0.2) is 0 Å². The zero-order valence-corrected chi connectivity index (χ0v) is 35.1. The molecule has 4 bridgehead atoms. The third-order valence-electron chi connectivity index (χ3n) is 16.3. The highest BCUT2D eigenvalue weighted by atomic mass is 15.1. The van der Waals surface area contributed by atoms with E-state index in [0.717, 1.165) is 23.7 Å². The van der Waals surface area contributed by atoms with Crippen molar-refractivity contribution in [1.29, 1.82) is 0 Å². The molecule has 0 saturated heterocycles. The lowest BCUT2D eigenvalue weighted by Gasteiger charge is -2.61. The number of hydrogen-bond donors (Lipinski definition) is 0. The van der Waals surface area contributed by atoms with Crippen LogP contribution in [-0.2, 0) is 16.2 Å². The summed E-state index contributed by atoms with van der Waals surface area (Å²) >= 11 is 0. The number of anilines is 3. The number of fused-ring (bicyclic) bond motifs is 5. The molecule has 0 N–H and O–H groups in total. The van der Waals surface area contributed by atoms with Crippen molar-refractivity contribution in [2.24, 2.45) is 23.7 Å². The summed E-state index contributed by atoms with van der Waals surface area (Å²) < 4.78 is 0. The van der Waals surface area contributed by atoms with Gasteiger partial charge in [0.25, 0.3) is 0 Å². The smallest absolute Gasteiger partial charge is 0.0543 e. The summed E-state index contributed by atoms with van der Waals surface area (Å²) in [6.07, 6.45) is 9.43. The molecule has 6 aliphatic carbocycles. The minimum atomic E-state index is 0.0392. The Balaban J connectivity index is 1.07. The third-order valence-corrected chi connectivity index (χ3v) is 16.3. The summed E-state index contributed by atoms with van der Waals surface area (Å²) in [5.74, 6) is 3.31. The van der Waals surface area contributed by atoms with Gasteiger partial charge in [0.1, 0.15) is 0 Å². The zero-order chi connectivity index (χ0) is 39.7. The molecule has 4 saturated carbocycles. The van der Waals surface area contributed by atoms with Gasteiger partial charge < -0.3 is 4.90 Å². The summed E-state index contributed by atoms with van der Waals surface area (Å²) in [6.45, 7) is 9.91. The van der Waals surface area contributed by atoms with E-state index in [9.17, 15) is 0 Å². The molecule has 0 atom stereocenters. The Hall–Kier alpha value is -5.40. The van der Waals surface area contributed by atoms with Crippen LogP contribution in [0.1, 0.15) is 94.9 Å². The second-order valence-electron chi connectivity index (χ2n) is 20.3. The van der Waals surface area contributed by atoms with Crippen LogP contribution in [0.25, 0.3) is 44.2 Å². The van der Waals surface area contributed by atoms with E-state index in [1.165, 1.54) is 117 Å². The average Bonchev–Trinajstić information content (AvgIpc) is 3.56. The lowest BCUT2D eigenvalue weighted by molar-refractivity contribution is -0.0399. The van der Waals surface area contributed by atoms with Crippen LogP contribution in [0.3, 0.4) is 0 Å². The Morgan fingerprint density at radius 1 is 0.424 bits per heavy atom. The summed E-state index contributed by atoms with van der Waals surface area (Å²) in [5.41, 5.74) is 18.4. The molecule has 292 valence electrons. The minimum absolute atomic E-state index is 0.0392. The first-order chi connectivity index (χ1) is 28.7. The first kappa shape index (κ1) is 35.5. The van der Waals surface area contributed by atoms with E-state index in [1.54, 1.807) is 11.1 Å². The molecular formula is C58H55N. The van der Waals surface area contributed by atoms with Crippen molar-refractivity contribution in [3.63, 3.8) is 0 Å². The van der Waals surface area contributed by atoms with Crippen LogP contribution in [0.15, 0.2) is 152 Å². The van der Waals surface area contributed by atoms with E-state index in [4.69, 9.17) is 0 Å². The van der Waals surface area contributed by atoms with Gasteiger partial charge in [0.05, 0.1) is 11.4 Å². The van der Waals surface area contributed by atoms with Gasteiger partial charge in [-0.2, -0.15) is 0 Å². The van der Waals surface area contributed by atoms with E-state index in [1.807, 2.05) is 0 Å². The first-order valence-electron chi connectivity index (χ1n) is 22.6. The number of nitrogens with zero attached hydrogens (tertiary/aromatic N) is 1. The maximum absolute atomic E-state index is 2.69. The highest BCUT2D eigenvalue weighted by molar-refractivity contribution is 6.05. The molecular weight excluding hydrogens is 711 g/mol. The summed E-state index contributed by atoms with van der Waals surface area (Å²) in [4.78, 5) is 2.69. The van der Waals surface area contributed by atoms with Gasteiger partial charge in [0.2, 0.25) is 0 Å². The van der Waals surface area contributed by atoms with Crippen LogP contribution in [-0.4, -0.2) is 0 Å². The number of hydrogen-bond acceptors (Lipinski definition) is 1. The maximum atomic E-state index is 2.69. The van der Waals surface area contributed by atoms with Crippen LogP contribution in [0.4, 0.5) is 17.1 Å². The molecule has 59 heavy (non-hydrogen) atoms. The lowest BCUT2D eigenvalue weighted by Crippen LogP contribution is -2.55. The molecule has 0 unspecified atom stereocenters. The quantitative estimate of drug-likeness (QED) is 0.169. The predicted octanol–water partition coefficient (Wildman–Crippen LogP) is 15.7. The molecule has 6 aliphatic rings. The van der Waals surface area contributed by atoms with Crippen molar-refractivity contribution < 1.29 is 0 Å². The summed E-state index contributed by atoms with van der Waals surface area (Å²) in [6, 6.07) is 58.3. The van der Waals surface area contributed by atoms with E-state index < -0.39 is 0 Å². The molecule has 7 aromatic carbocycles. The Kier molecular flexibility index (Phi) is 7.71. The SMILES string of the molecule is CC1(C)CCC(C)(C)c2c(N(c3ccc(-c4ccc(-c5ccccc5)c5ccccc45)cc3)c3cccc4c3-c3ccccc3C43C4CC5CC(C4)CC3C5)cccc21. The highest BCUT2D eigenvalue weighted by Crippen LogP contribution is 2.70. The normalized spacial score (nSPS) is 25.2. The Morgan fingerprint density at radius 2 is 0.966 bits per heavy atom. The third kappa shape index (κ3) is 5.09. The molecule has 1 spiro atoms. The fraction of sp³-hybridized carbons (Fsp3) is 0.310. The fourth-order valence-corrected chi connectivity index (χ4v) is 13.9. The van der Waals surface area contributed by atoms with Crippen molar-refractivity contribution in [1.82, 2.24) is 0 Å². The van der Waals surface area contributed by atoms with E-state index in [0.29, 0.717) is 0 Å². The van der Waals surface area contributed by atoms with Gasteiger partial charge >= 0.3 is 0 Å². The molecule has 1 heteroatoms. The van der Waals surface area contributed by atoms with Gasteiger partial charge in [0, 0.05) is 16.7 Å². The lowest BCUT2D eigenvalue weighted by atomic mass is 9.43. The molecule has 7 aromatic rings. The average molecular weight is 766 g/mol. The molecule has 13 rings (SSSR count). The second kappa shape index (κ2) is 12.8. The zero-order valence-electron chi connectivity index (χ0n) is 35.1. The maximum Gasteiger partial charge on any atom is 0.0543 e. The molecule has 0 radical (unpaired) electrons. The highest BCUT2D eigenvalue weighted by Gasteiger charge is 2.62. The van der Waals surface area contributed by atoms with Gasteiger partial charge in [-0.1, -0.05) is 155 Å². The topological polar surface area (TPSA) is 3.24 Å². The van der Waals surface area contributed by atoms with E-state index in [2.05, 4.69) is 184 Å². The number of benzene rings is 7. The predicted molar refractivity (Wildman–Crippen MR) is 248 cm³/mol. The Bertz CT molecular complexity index is 2760. The fourth-order valence-electron chi connectivity index (χ4n) is 13.9. The number of rotatable bonds is 5. The van der Waals surface area contributed by atoms with Crippen LogP contribution >= 0.6 is 0 Å². The Morgan fingerprint density at radius 3 is 1.64 bits per heavy atom. The molecule has 0 amide bonds.